The molecular formula is C16H19ClN2. The van der Waals surface area contributed by atoms with Crippen molar-refractivity contribution in [3.8, 4) is 0 Å². The molecule has 1 aromatic heterocycles. The lowest BCUT2D eigenvalue weighted by atomic mass is 9.93. The van der Waals surface area contributed by atoms with Gasteiger partial charge >= 0.3 is 0 Å². The molecule has 2 aromatic rings. The SMILES string of the molecule is Cc1cc(C)c(CC(N)c2ccc(Cl)cn2)c(C)c1. The molecular weight excluding hydrogens is 256 g/mol. The Morgan fingerprint density at radius 2 is 1.79 bits per heavy atom. The molecule has 0 bridgehead atoms. The van der Waals surface area contributed by atoms with Gasteiger partial charge in [-0.3, -0.25) is 4.98 Å². The molecule has 0 saturated heterocycles. The zero-order valence-corrected chi connectivity index (χ0v) is 12.3. The zero-order valence-electron chi connectivity index (χ0n) is 11.6. The normalized spacial score (nSPS) is 12.5. The minimum absolute atomic E-state index is 0.0997. The molecule has 0 aliphatic carbocycles. The van der Waals surface area contributed by atoms with E-state index in [1.54, 1.807) is 6.20 Å². The second kappa shape index (κ2) is 5.72. The molecule has 19 heavy (non-hydrogen) atoms. The third-order valence-corrected chi connectivity index (χ3v) is 3.62. The number of benzene rings is 1. The van der Waals surface area contributed by atoms with E-state index >= 15 is 0 Å². The molecule has 0 saturated carbocycles. The first-order valence-electron chi connectivity index (χ1n) is 6.41. The minimum atomic E-state index is -0.0997. The lowest BCUT2D eigenvalue weighted by Gasteiger charge is -2.16. The standard InChI is InChI=1S/C16H19ClN2/c1-10-6-11(2)14(12(3)7-10)8-15(18)16-5-4-13(17)9-19-16/h4-7,9,15H,8,18H2,1-3H3. The predicted molar refractivity (Wildman–Crippen MR) is 80.5 cm³/mol. The van der Waals surface area contributed by atoms with Gasteiger partial charge in [0.1, 0.15) is 0 Å². The molecule has 0 fully saturated rings. The van der Waals surface area contributed by atoms with Crippen molar-refractivity contribution in [2.24, 2.45) is 5.73 Å². The van der Waals surface area contributed by atoms with Gasteiger partial charge in [-0.05, 0) is 56.0 Å². The maximum Gasteiger partial charge on any atom is 0.0589 e. The second-order valence-electron chi connectivity index (χ2n) is 5.09. The first kappa shape index (κ1) is 14.0. The highest BCUT2D eigenvalue weighted by Gasteiger charge is 2.12. The van der Waals surface area contributed by atoms with Crippen molar-refractivity contribution in [2.75, 3.05) is 0 Å². The number of nitrogens with two attached hydrogens (primary N) is 1. The van der Waals surface area contributed by atoms with Crippen LogP contribution < -0.4 is 5.73 Å². The van der Waals surface area contributed by atoms with Gasteiger partial charge in [0.25, 0.3) is 0 Å². The van der Waals surface area contributed by atoms with Crippen LogP contribution in [0.5, 0.6) is 0 Å². The van der Waals surface area contributed by atoms with Crippen molar-refractivity contribution in [3.05, 3.63) is 63.4 Å². The average Bonchev–Trinajstić information content (AvgIpc) is 2.34. The van der Waals surface area contributed by atoms with Crippen molar-refractivity contribution in [2.45, 2.75) is 33.2 Å². The fourth-order valence-electron chi connectivity index (χ4n) is 2.46. The van der Waals surface area contributed by atoms with Crippen LogP contribution in [0.15, 0.2) is 30.5 Å². The van der Waals surface area contributed by atoms with E-state index in [-0.39, 0.29) is 6.04 Å². The van der Waals surface area contributed by atoms with Crippen molar-refractivity contribution >= 4 is 11.6 Å². The molecule has 1 heterocycles. The fourth-order valence-corrected chi connectivity index (χ4v) is 2.57. The molecule has 0 radical (unpaired) electrons. The van der Waals surface area contributed by atoms with Crippen LogP contribution in [0, 0.1) is 20.8 Å². The van der Waals surface area contributed by atoms with Gasteiger partial charge in [0.2, 0.25) is 0 Å². The lowest BCUT2D eigenvalue weighted by Crippen LogP contribution is -2.16. The monoisotopic (exact) mass is 274 g/mol. The molecule has 1 atom stereocenters. The summed E-state index contributed by atoms with van der Waals surface area (Å²) < 4.78 is 0. The lowest BCUT2D eigenvalue weighted by molar-refractivity contribution is 0.691. The van der Waals surface area contributed by atoms with Crippen LogP contribution in [-0.4, -0.2) is 4.98 Å². The molecule has 2 rings (SSSR count). The summed E-state index contributed by atoms with van der Waals surface area (Å²) in [6, 6.07) is 8.02. The summed E-state index contributed by atoms with van der Waals surface area (Å²) in [5.41, 5.74) is 12.3. The molecule has 1 unspecified atom stereocenters. The predicted octanol–water partition coefficient (Wildman–Crippen LogP) is 3.90. The van der Waals surface area contributed by atoms with Crippen LogP contribution in [0.3, 0.4) is 0 Å². The average molecular weight is 275 g/mol. The van der Waals surface area contributed by atoms with Gasteiger partial charge in [0.15, 0.2) is 0 Å². The van der Waals surface area contributed by atoms with Crippen LogP contribution in [0.1, 0.15) is 34.0 Å². The number of aromatic nitrogens is 1. The van der Waals surface area contributed by atoms with Crippen LogP contribution in [0.25, 0.3) is 0 Å². The Bertz CT molecular complexity index is 553. The van der Waals surface area contributed by atoms with Crippen LogP contribution in [0.4, 0.5) is 0 Å². The quantitative estimate of drug-likeness (QED) is 0.922. The number of hydrogen-bond acceptors (Lipinski definition) is 2. The number of pyridine rings is 1. The van der Waals surface area contributed by atoms with Gasteiger partial charge in [-0.2, -0.15) is 0 Å². The Morgan fingerprint density at radius 1 is 1.16 bits per heavy atom. The Kier molecular flexibility index (Phi) is 4.23. The summed E-state index contributed by atoms with van der Waals surface area (Å²) in [5.74, 6) is 0. The van der Waals surface area contributed by atoms with Gasteiger partial charge in [0, 0.05) is 6.20 Å². The van der Waals surface area contributed by atoms with E-state index < -0.39 is 0 Å². The van der Waals surface area contributed by atoms with E-state index in [1.807, 2.05) is 12.1 Å². The highest BCUT2D eigenvalue weighted by atomic mass is 35.5. The molecule has 0 amide bonds. The summed E-state index contributed by atoms with van der Waals surface area (Å²) in [6.45, 7) is 6.39. The third-order valence-electron chi connectivity index (χ3n) is 3.39. The highest BCUT2D eigenvalue weighted by molar-refractivity contribution is 6.30. The second-order valence-corrected chi connectivity index (χ2v) is 5.53. The first-order chi connectivity index (χ1) is 8.97. The highest BCUT2D eigenvalue weighted by Crippen LogP contribution is 2.22. The molecule has 1 aromatic carbocycles. The summed E-state index contributed by atoms with van der Waals surface area (Å²) in [5, 5.41) is 0.638. The molecule has 0 spiro atoms. The van der Waals surface area contributed by atoms with Gasteiger partial charge in [-0.25, -0.2) is 0 Å². The summed E-state index contributed by atoms with van der Waals surface area (Å²) in [4.78, 5) is 4.29. The van der Waals surface area contributed by atoms with E-state index in [2.05, 4.69) is 37.9 Å². The van der Waals surface area contributed by atoms with E-state index in [4.69, 9.17) is 17.3 Å². The number of rotatable bonds is 3. The number of halogens is 1. The van der Waals surface area contributed by atoms with Gasteiger partial charge < -0.3 is 5.73 Å². The largest absolute Gasteiger partial charge is 0.322 e. The fraction of sp³-hybridized carbons (Fsp3) is 0.312. The molecule has 3 heteroatoms. The van der Waals surface area contributed by atoms with Crippen molar-refractivity contribution in [3.63, 3.8) is 0 Å². The molecule has 0 aliphatic heterocycles. The maximum absolute atomic E-state index is 6.25. The summed E-state index contributed by atoms with van der Waals surface area (Å²) in [6.07, 6.45) is 2.44. The number of aryl methyl sites for hydroxylation is 3. The Balaban J connectivity index is 2.24. The molecule has 2 nitrogen and oxygen atoms in total. The van der Waals surface area contributed by atoms with E-state index in [1.165, 1.54) is 22.3 Å². The number of hydrogen-bond donors (Lipinski definition) is 1. The molecule has 100 valence electrons. The van der Waals surface area contributed by atoms with E-state index in [0.29, 0.717) is 5.02 Å². The van der Waals surface area contributed by atoms with Crippen molar-refractivity contribution in [1.29, 1.82) is 0 Å². The van der Waals surface area contributed by atoms with Gasteiger partial charge in [-0.1, -0.05) is 29.3 Å². The van der Waals surface area contributed by atoms with E-state index in [0.717, 1.165) is 12.1 Å². The van der Waals surface area contributed by atoms with Gasteiger partial charge in [0.05, 0.1) is 16.8 Å². The molecule has 2 N–H and O–H groups in total. The maximum atomic E-state index is 6.25. The molecule has 0 aliphatic rings. The topological polar surface area (TPSA) is 38.9 Å². The Labute approximate surface area is 119 Å². The summed E-state index contributed by atoms with van der Waals surface area (Å²) >= 11 is 5.84. The van der Waals surface area contributed by atoms with Gasteiger partial charge in [-0.15, -0.1) is 0 Å². The smallest absolute Gasteiger partial charge is 0.0589 e. The zero-order chi connectivity index (χ0) is 14.0. The van der Waals surface area contributed by atoms with Crippen molar-refractivity contribution < 1.29 is 0 Å². The Morgan fingerprint density at radius 3 is 2.32 bits per heavy atom. The van der Waals surface area contributed by atoms with E-state index in [9.17, 15) is 0 Å². The summed E-state index contributed by atoms with van der Waals surface area (Å²) in [7, 11) is 0. The van der Waals surface area contributed by atoms with Crippen LogP contribution in [-0.2, 0) is 6.42 Å². The van der Waals surface area contributed by atoms with Crippen LogP contribution >= 0.6 is 11.6 Å². The number of nitrogens with zero attached hydrogens (tertiary/aromatic N) is 1. The Hall–Kier alpha value is -1.38. The minimum Gasteiger partial charge on any atom is -0.322 e. The van der Waals surface area contributed by atoms with Crippen molar-refractivity contribution in [1.82, 2.24) is 4.98 Å². The van der Waals surface area contributed by atoms with Crippen LogP contribution in [0.2, 0.25) is 5.02 Å². The third kappa shape index (κ3) is 3.34. The first-order valence-corrected chi connectivity index (χ1v) is 6.79.